The van der Waals surface area contributed by atoms with E-state index in [9.17, 15) is 0 Å². The van der Waals surface area contributed by atoms with E-state index in [0.717, 1.165) is 4.47 Å². The average molecular weight is 181 g/mol. The smallest absolute Gasteiger partial charge is 0.100 e. The van der Waals surface area contributed by atoms with Gasteiger partial charge in [0.15, 0.2) is 0 Å². The highest BCUT2D eigenvalue weighted by molar-refractivity contribution is 9.10. The number of halogens is 1. The summed E-state index contributed by atoms with van der Waals surface area (Å²) in [7, 11) is 0. The second-order valence-corrected chi connectivity index (χ2v) is 2.37. The molecular formula is C7H3BrN. The van der Waals surface area contributed by atoms with Gasteiger partial charge in [-0.3, -0.25) is 0 Å². The van der Waals surface area contributed by atoms with Crippen molar-refractivity contribution < 1.29 is 0 Å². The van der Waals surface area contributed by atoms with E-state index in [0.29, 0.717) is 5.56 Å². The first-order valence-electron chi connectivity index (χ1n) is 2.40. The highest BCUT2D eigenvalue weighted by atomic mass is 79.9. The SMILES string of the molecule is N#Cc1cc[c]cc1Br. The molecule has 0 spiro atoms. The van der Waals surface area contributed by atoms with Crippen molar-refractivity contribution in [1.29, 1.82) is 5.26 Å². The number of hydrogen-bond acceptors (Lipinski definition) is 1. The Morgan fingerprint density at radius 2 is 2.44 bits per heavy atom. The summed E-state index contributed by atoms with van der Waals surface area (Å²) in [6.45, 7) is 0. The zero-order valence-corrected chi connectivity index (χ0v) is 6.14. The van der Waals surface area contributed by atoms with Crippen molar-refractivity contribution in [2.75, 3.05) is 0 Å². The molecule has 0 saturated heterocycles. The fraction of sp³-hybridized carbons (Fsp3) is 0. The first-order valence-corrected chi connectivity index (χ1v) is 3.19. The van der Waals surface area contributed by atoms with Crippen LogP contribution < -0.4 is 0 Å². The molecule has 0 saturated carbocycles. The Morgan fingerprint density at radius 1 is 1.67 bits per heavy atom. The van der Waals surface area contributed by atoms with Crippen LogP contribution in [0.15, 0.2) is 22.7 Å². The maximum atomic E-state index is 8.42. The molecule has 43 valence electrons. The van der Waals surface area contributed by atoms with Gasteiger partial charge in [0.25, 0.3) is 0 Å². The van der Waals surface area contributed by atoms with Gasteiger partial charge in [-0.15, -0.1) is 0 Å². The second-order valence-electron chi connectivity index (χ2n) is 1.52. The predicted octanol–water partition coefficient (Wildman–Crippen LogP) is 2.12. The van der Waals surface area contributed by atoms with Crippen molar-refractivity contribution >= 4 is 15.9 Å². The number of nitriles is 1. The number of hydrogen-bond donors (Lipinski definition) is 0. The number of nitrogens with zero attached hydrogens (tertiary/aromatic N) is 1. The van der Waals surface area contributed by atoms with Gasteiger partial charge in [-0.2, -0.15) is 5.26 Å². The minimum atomic E-state index is 0.647. The molecule has 0 aromatic heterocycles. The molecule has 0 amide bonds. The van der Waals surface area contributed by atoms with Crippen molar-refractivity contribution in [3.8, 4) is 6.07 Å². The minimum absolute atomic E-state index is 0.647. The van der Waals surface area contributed by atoms with E-state index in [1.54, 1.807) is 18.2 Å². The Hall–Kier alpha value is -0.810. The molecule has 1 radical (unpaired) electrons. The summed E-state index contributed by atoms with van der Waals surface area (Å²) in [4.78, 5) is 0. The van der Waals surface area contributed by atoms with Crippen molar-refractivity contribution in [3.05, 3.63) is 34.3 Å². The van der Waals surface area contributed by atoms with Crippen LogP contribution in [0.5, 0.6) is 0 Å². The normalized spacial score (nSPS) is 8.44. The quantitative estimate of drug-likeness (QED) is 0.601. The molecule has 0 heterocycles. The van der Waals surface area contributed by atoms with Crippen LogP contribution >= 0.6 is 15.9 Å². The molecule has 9 heavy (non-hydrogen) atoms. The molecule has 0 fully saturated rings. The topological polar surface area (TPSA) is 23.8 Å². The molecule has 0 bridgehead atoms. The van der Waals surface area contributed by atoms with Gasteiger partial charge >= 0.3 is 0 Å². The first-order chi connectivity index (χ1) is 4.34. The monoisotopic (exact) mass is 180 g/mol. The van der Waals surface area contributed by atoms with Gasteiger partial charge in [-0.1, -0.05) is 6.07 Å². The summed E-state index contributed by atoms with van der Waals surface area (Å²) in [5.41, 5.74) is 0.647. The Bertz CT molecular complexity index is 249. The average Bonchev–Trinajstić information content (AvgIpc) is 1.89. The Kier molecular flexibility index (Phi) is 1.86. The van der Waals surface area contributed by atoms with Gasteiger partial charge in [-0.25, -0.2) is 0 Å². The summed E-state index contributed by atoms with van der Waals surface area (Å²) < 4.78 is 0.799. The van der Waals surface area contributed by atoms with Crippen LogP contribution in [0, 0.1) is 17.4 Å². The maximum Gasteiger partial charge on any atom is 0.100 e. The highest BCUT2D eigenvalue weighted by Gasteiger charge is 1.92. The van der Waals surface area contributed by atoms with E-state index in [2.05, 4.69) is 22.0 Å². The lowest BCUT2D eigenvalue weighted by Crippen LogP contribution is -1.72. The van der Waals surface area contributed by atoms with Crippen LogP contribution in [0.25, 0.3) is 0 Å². The summed E-state index contributed by atoms with van der Waals surface area (Å²) >= 11 is 3.20. The van der Waals surface area contributed by atoms with E-state index in [1.165, 1.54) is 0 Å². The summed E-state index contributed by atoms with van der Waals surface area (Å²) in [6, 6.07) is 10.0. The molecule has 1 nitrogen and oxygen atoms in total. The van der Waals surface area contributed by atoms with Crippen LogP contribution in [0.2, 0.25) is 0 Å². The van der Waals surface area contributed by atoms with E-state index in [-0.39, 0.29) is 0 Å². The fourth-order valence-electron chi connectivity index (χ4n) is 0.501. The van der Waals surface area contributed by atoms with Crippen LogP contribution in [0.4, 0.5) is 0 Å². The van der Waals surface area contributed by atoms with E-state index < -0.39 is 0 Å². The molecule has 0 unspecified atom stereocenters. The van der Waals surface area contributed by atoms with Crippen molar-refractivity contribution in [3.63, 3.8) is 0 Å². The van der Waals surface area contributed by atoms with Gasteiger partial charge in [0, 0.05) is 4.47 Å². The number of rotatable bonds is 0. The molecule has 0 N–H and O–H groups in total. The minimum Gasteiger partial charge on any atom is -0.192 e. The van der Waals surface area contributed by atoms with Gasteiger partial charge < -0.3 is 0 Å². The van der Waals surface area contributed by atoms with Gasteiger partial charge in [0.2, 0.25) is 0 Å². The van der Waals surface area contributed by atoms with E-state index in [4.69, 9.17) is 5.26 Å². The molecule has 0 aliphatic rings. The van der Waals surface area contributed by atoms with Gasteiger partial charge in [0.05, 0.1) is 5.56 Å². The molecule has 1 aromatic carbocycles. The second kappa shape index (κ2) is 2.65. The summed E-state index contributed by atoms with van der Waals surface area (Å²) in [6.07, 6.45) is 0. The zero-order chi connectivity index (χ0) is 6.69. The maximum absolute atomic E-state index is 8.42. The molecule has 2 heteroatoms. The third kappa shape index (κ3) is 1.30. The van der Waals surface area contributed by atoms with E-state index >= 15 is 0 Å². The third-order valence-electron chi connectivity index (χ3n) is 0.934. The molecular weight excluding hydrogens is 178 g/mol. The Morgan fingerprint density at radius 3 is 2.89 bits per heavy atom. The molecule has 0 atom stereocenters. The van der Waals surface area contributed by atoms with Crippen molar-refractivity contribution in [1.82, 2.24) is 0 Å². The van der Waals surface area contributed by atoms with Crippen LogP contribution in [0.1, 0.15) is 5.56 Å². The molecule has 1 rings (SSSR count). The standard InChI is InChI=1S/C7H3BrN/c8-7-4-2-1-3-6(7)5-9/h1,3-4H. The van der Waals surface area contributed by atoms with Crippen LogP contribution in [-0.4, -0.2) is 0 Å². The lowest BCUT2D eigenvalue weighted by molar-refractivity contribution is 1.46. The van der Waals surface area contributed by atoms with Crippen LogP contribution in [0.3, 0.4) is 0 Å². The lowest BCUT2D eigenvalue weighted by Gasteiger charge is -1.88. The van der Waals surface area contributed by atoms with Crippen LogP contribution in [-0.2, 0) is 0 Å². The summed E-state index contributed by atoms with van der Waals surface area (Å²) in [5, 5.41) is 8.42. The third-order valence-corrected chi connectivity index (χ3v) is 1.59. The lowest BCUT2D eigenvalue weighted by atomic mass is 10.2. The molecule has 0 aliphatic heterocycles. The Balaban J connectivity index is 3.20. The largest absolute Gasteiger partial charge is 0.192 e. The predicted molar refractivity (Wildman–Crippen MR) is 37.7 cm³/mol. The number of benzene rings is 1. The molecule has 0 aliphatic carbocycles. The van der Waals surface area contributed by atoms with Gasteiger partial charge in [-0.05, 0) is 34.1 Å². The molecule has 1 aromatic rings. The fourth-order valence-corrected chi connectivity index (χ4v) is 0.854. The van der Waals surface area contributed by atoms with Gasteiger partial charge in [0.1, 0.15) is 6.07 Å². The van der Waals surface area contributed by atoms with Crippen molar-refractivity contribution in [2.24, 2.45) is 0 Å². The van der Waals surface area contributed by atoms with E-state index in [1.807, 2.05) is 6.07 Å². The Labute approximate surface area is 62.1 Å². The zero-order valence-electron chi connectivity index (χ0n) is 4.56. The summed E-state index contributed by atoms with van der Waals surface area (Å²) in [5.74, 6) is 0. The highest BCUT2D eigenvalue weighted by Crippen LogP contribution is 2.13. The van der Waals surface area contributed by atoms with Crippen molar-refractivity contribution in [2.45, 2.75) is 0 Å². The first kappa shape index (κ1) is 6.31.